The zero-order chi connectivity index (χ0) is 15.2. The van der Waals surface area contributed by atoms with Crippen LogP contribution in [0.25, 0.3) is 0 Å². The molecule has 1 unspecified atom stereocenters. The van der Waals surface area contributed by atoms with Gasteiger partial charge in [-0.15, -0.1) is 0 Å². The van der Waals surface area contributed by atoms with E-state index >= 15 is 0 Å². The lowest BCUT2D eigenvalue weighted by Crippen LogP contribution is -2.23. The van der Waals surface area contributed by atoms with E-state index in [1.807, 2.05) is 39.0 Å². The van der Waals surface area contributed by atoms with Crippen LogP contribution >= 0.6 is 0 Å². The van der Waals surface area contributed by atoms with Crippen LogP contribution in [0, 0.1) is 12.7 Å². The highest BCUT2D eigenvalue weighted by atomic mass is 19.1. The first-order chi connectivity index (χ1) is 10.2. The molecule has 0 saturated carbocycles. The maximum absolute atomic E-state index is 14.3. The summed E-state index contributed by atoms with van der Waals surface area (Å²) < 4.78 is 19.7. The van der Waals surface area contributed by atoms with Gasteiger partial charge in [0.2, 0.25) is 0 Å². The molecule has 0 radical (unpaired) electrons. The first kappa shape index (κ1) is 15.4. The predicted octanol–water partition coefficient (Wildman–Crippen LogP) is 3.63. The summed E-state index contributed by atoms with van der Waals surface area (Å²) in [4.78, 5) is 4.19. The Bertz CT molecular complexity index is 601. The zero-order valence-electron chi connectivity index (χ0n) is 12.7. The highest BCUT2D eigenvalue weighted by Crippen LogP contribution is 2.26. The Morgan fingerprint density at radius 2 is 2.05 bits per heavy atom. The summed E-state index contributed by atoms with van der Waals surface area (Å²) in [6.45, 7) is 7.12. The van der Waals surface area contributed by atoms with E-state index in [4.69, 9.17) is 4.74 Å². The van der Waals surface area contributed by atoms with Crippen LogP contribution in [0.1, 0.15) is 36.6 Å². The number of nitrogens with zero attached hydrogens (tertiary/aromatic N) is 1. The molecule has 2 aromatic rings. The van der Waals surface area contributed by atoms with Gasteiger partial charge in [-0.2, -0.15) is 0 Å². The second-order valence-corrected chi connectivity index (χ2v) is 4.90. The number of aromatic nitrogens is 1. The fourth-order valence-corrected chi connectivity index (χ4v) is 2.32. The molecule has 0 spiro atoms. The van der Waals surface area contributed by atoms with Crippen LogP contribution in [0.2, 0.25) is 0 Å². The van der Waals surface area contributed by atoms with E-state index in [0.29, 0.717) is 17.9 Å². The van der Waals surface area contributed by atoms with Gasteiger partial charge in [-0.1, -0.05) is 19.1 Å². The molecule has 0 aliphatic heterocycles. The first-order valence-corrected chi connectivity index (χ1v) is 7.22. The summed E-state index contributed by atoms with van der Waals surface area (Å²) in [5.74, 6) is 0.494. The SMILES string of the molecule is CCNC(c1cncc(OCC)c1)c1ccc(C)cc1F. The Morgan fingerprint density at radius 1 is 1.24 bits per heavy atom. The fraction of sp³-hybridized carbons (Fsp3) is 0.353. The molecule has 0 saturated heterocycles. The summed E-state index contributed by atoms with van der Waals surface area (Å²) in [5.41, 5.74) is 2.43. The van der Waals surface area contributed by atoms with Gasteiger partial charge in [0.15, 0.2) is 0 Å². The summed E-state index contributed by atoms with van der Waals surface area (Å²) in [7, 11) is 0. The third-order valence-corrected chi connectivity index (χ3v) is 3.25. The van der Waals surface area contributed by atoms with Crippen molar-refractivity contribution >= 4 is 0 Å². The number of halogens is 1. The van der Waals surface area contributed by atoms with Crippen molar-refractivity contribution in [1.29, 1.82) is 0 Å². The highest BCUT2D eigenvalue weighted by molar-refractivity contribution is 5.36. The monoisotopic (exact) mass is 288 g/mol. The van der Waals surface area contributed by atoms with E-state index < -0.39 is 0 Å². The number of benzene rings is 1. The van der Waals surface area contributed by atoms with Crippen LogP contribution in [0.5, 0.6) is 5.75 Å². The number of aryl methyl sites for hydroxylation is 1. The van der Waals surface area contributed by atoms with E-state index in [2.05, 4.69) is 10.3 Å². The third-order valence-electron chi connectivity index (χ3n) is 3.25. The van der Waals surface area contributed by atoms with Crippen LogP contribution in [-0.2, 0) is 0 Å². The Hall–Kier alpha value is -1.94. The van der Waals surface area contributed by atoms with Gasteiger partial charge in [0.05, 0.1) is 18.8 Å². The van der Waals surface area contributed by atoms with E-state index in [0.717, 1.165) is 17.7 Å². The van der Waals surface area contributed by atoms with Crippen molar-refractivity contribution < 1.29 is 9.13 Å². The predicted molar refractivity (Wildman–Crippen MR) is 82.1 cm³/mol. The minimum Gasteiger partial charge on any atom is -0.492 e. The quantitative estimate of drug-likeness (QED) is 0.881. The van der Waals surface area contributed by atoms with Gasteiger partial charge in [0.1, 0.15) is 11.6 Å². The number of ether oxygens (including phenoxy) is 1. The summed E-state index contributed by atoms with van der Waals surface area (Å²) in [6.07, 6.45) is 3.41. The van der Waals surface area contributed by atoms with Crippen molar-refractivity contribution in [3.05, 3.63) is 59.2 Å². The van der Waals surface area contributed by atoms with Gasteiger partial charge >= 0.3 is 0 Å². The topological polar surface area (TPSA) is 34.2 Å². The normalized spacial score (nSPS) is 12.2. The molecular weight excluding hydrogens is 267 g/mol. The van der Waals surface area contributed by atoms with Crippen molar-refractivity contribution in [3.63, 3.8) is 0 Å². The van der Waals surface area contributed by atoms with Crippen LogP contribution < -0.4 is 10.1 Å². The largest absolute Gasteiger partial charge is 0.492 e. The zero-order valence-corrected chi connectivity index (χ0v) is 12.7. The van der Waals surface area contributed by atoms with Gasteiger partial charge in [0, 0.05) is 11.8 Å². The standard InChI is InChI=1S/C17H21FN2O/c1-4-20-17(15-7-6-12(3)8-16(15)18)13-9-14(21-5-2)11-19-10-13/h6-11,17,20H,4-5H2,1-3H3. The Morgan fingerprint density at radius 3 is 2.71 bits per heavy atom. The number of hydrogen-bond acceptors (Lipinski definition) is 3. The van der Waals surface area contributed by atoms with Crippen LogP contribution in [-0.4, -0.2) is 18.1 Å². The fourth-order valence-electron chi connectivity index (χ4n) is 2.32. The van der Waals surface area contributed by atoms with Crippen molar-refractivity contribution in [3.8, 4) is 5.75 Å². The molecule has 1 heterocycles. The Balaban J connectivity index is 2.40. The number of pyridine rings is 1. The summed E-state index contributed by atoms with van der Waals surface area (Å²) in [6, 6.07) is 6.97. The number of hydrogen-bond donors (Lipinski definition) is 1. The molecule has 1 aromatic carbocycles. The molecule has 2 rings (SSSR count). The van der Waals surface area contributed by atoms with Gasteiger partial charge in [0.25, 0.3) is 0 Å². The van der Waals surface area contributed by atoms with Crippen molar-refractivity contribution in [2.45, 2.75) is 26.8 Å². The molecule has 3 nitrogen and oxygen atoms in total. The lowest BCUT2D eigenvalue weighted by Gasteiger charge is -2.20. The summed E-state index contributed by atoms with van der Waals surface area (Å²) >= 11 is 0. The molecule has 0 aliphatic carbocycles. The Kier molecular flexibility index (Phi) is 5.28. The van der Waals surface area contributed by atoms with Gasteiger partial charge < -0.3 is 10.1 Å². The van der Waals surface area contributed by atoms with E-state index in [-0.39, 0.29) is 11.9 Å². The van der Waals surface area contributed by atoms with Gasteiger partial charge in [-0.05, 0) is 43.7 Å². The van der Waals surface area contributed by atoms with Crippen molar-refractivity contribution in [2.75, 3.05) is 13.2 Å². The second kappa shape index (κ2) is 7.18. The minimum atomic E-state index is -0.233. The first-order valence-electron chi connectivity index (χ1n) is 7.22. The van der Waals surface area contributed by atoms with E-state index in [1.54, 1.807) is 18.5 Å². The molecule has 1 N–H and O–H groups in total. The average Bonchev–Trinajstić information content (AvgIpc) is 2.46. The maximum Gasteiger partial charge on any atom is 0.137 e. The molecule has 0 amide bonds. The van der Waals surface area contributed by atoms with E-state index in [9.17, 15) is 4.39 Å². The third kappa shape index (κ3) is 3.79. The molecule has 0 fully saturated rings. The smallest absolute Gasteiger partial charge is 0.137 e. The molecule has 1 aromatic heterocycles. The van der Waals surface area contributed by atoms with Gasteiger partial charge in [-0.3, -0.25) is 4.98 Å². The molecule has 4 heteroatoms. The van der Waals surface area contributed by atoms with Crippen LogP contribution in [0.3, 0.4) is 0 Å². The lowest BCUT2D eigenvalue weighted by molar-refractivity contribution is 0.338. The van der Waals surface area contributed by atoms with Crippen LogP contribution in [0.15, 0.2) is 36.7 Å². The molecule has 0 bridgehead atoms. The lowest BCUT2D eigenvalue weighted by atomic mass is 9.98. The maximum atomic E-state index is 14.3. The van der Waals surface area contributed by atoms with Crippen LogP contribution in [0.4, 0.5) is 4.39 Å². The molecular formula is C17H21FN2O. The molecule has 21 heavy (non-hydrogen) atoms. The molecule has 1 atom stereocenters. The number of nitrogens with one attached hydrogen (secondary N) is 1. The molecule has 112 valence electrons. The minimum absolute atomic E-state index is 0.206. The Labute approximate surface area is 125 Å². The van der Waals surface area contributed by atoms with E-state index in [1.165, 1.54) is 0 Å². The van der Waals surface area contributed by atoms with Crippen molar-refractivity contribution in [1.82, 2.24) is 10.3 Å². The average molecular weight is 288 g/mol. The highest BCUT2D eigenvalue weighted by Gasteiger charge is 2.18. The molecule has 0 aliphatic rings. The number of rotatable bonds is 6. The van der Waals surface area contributed by atoms with Gasteiger partial charge in [-0.25, -0.2) is 4.39 Å². The van der Waals surface area contributed by atoms with Crippen molar-refractivity contribution in [2.24, 2.45) is 0 Å². The summed E-state index contributed by atoms with van der Waals surface area (Å²) in [5, 5.41) is 3.31. The second-order valence-electron chi connectivity index (χ2n) is 4.90.